The molecule has 0 N–H and O–H groups in total. The Morgan fingerprint density at radius 3 is 2.57 bits per heavy atom. The fraction of sp³-hybridized carbons (Fsp3) is 0.294. The molecule has 1 aliphatic rings. The van der Waals surface area contributed by atoms with Crippen LogP contribution in [-0.4, -0.2) is 32.9 Å². The summed E-state index contributed by atoms with van der Waals surface area (Å²) in [6.07, 6.45) is 0.751. The SMILES string of the molecule is COc1ccc(C2CCN(S(=O)(=O)c3cccc(F)c3)C2)cc1. The zero-order chi connectivity index (χ0) is 16.4. The molecule has 1 aliphatic heterocycles. The van der Waals surface area contributed by atoms with Crippen molar-refractivity contribution < 1.29 is 17.5 Å². The van der Waals surface area contributed by atoms with Gasteiger partial charge >= 0.3 is 0 Å². The van der Waals surface area contributed by atoms with Gasteiger partial charge in [-0.05, 0) is 48.2 Å². The minimum absolute atomic E-state index is 0.00730. The average molecular weight is 335 g/mol. The summed E-state index contributed by atoms with van der Waals surface area (Å²) < 4.78 is 45.1. The lowest BCUT2D eigenvalue weighted by Crippen LogP contribution is -2.28. The Hall–Kier alpha value is -1.92. The molecule has 23 heavy (non-hydrogen) atoms. The van der Waals surface area contributed by atoms with Crippen LogP contribution < -0.4 is 4.74 Å². The van der Waals surface area contributed by atoms with Gasteiger partial charge in [-0.3, -0.25) is 0 Å². The van der Waals surface area contributed by atoms with Crippen LogP contribution >= 0.6 is 0 Å². The van der Waals surface area contributed by atoms with Crippen molar-refractivity contribution in [2.45, 2.75) is 17.2 Å². The molecule has 0 aliphatic carbocycles. The van der Waals surface area contributed by atoms with E-state index in [9.17, 15) is 12.8 Å². The number of hydrogen-bond donors (Lipinski definition) is 0. The highest BCUT2D eigenvalue weighted by Gasteiger charge is 2.33. The van der Waals surface area contributed by atoms with Crippen molar-refractivity contribution in [3.8, 4) is 5.75 Å². The molecule has 0 saturated carbocycles. The van der Waals surface area contributed by atoms with Gasteiger partial charge in [-0.25, -0.2) is 12.8 Å². The van der Waals surface area contributed by atoms with Gasteiger partial charge < -0.3 is 4.74 Å². The van der Waals surface area contributed by atoms with Gasteiger partial charge in [-0.1, -0.05) is 18.2 Å². The first-order chi connectivity index (χ1) is 11.0. The molecule has 0 spiro atoms. The molecule has 0 bridgehead atoms. The summed E-state index contributed by atoms with van der Waals surface area (Å²) >= 11 is 0. The monoisotopic (exact) mass is 335 g/mol. The molecule has 122 valence electrons. The van der Waals surface area contributed by atoms with Crippen LogP contribution in [0.5, 0.6) is 5.75 Å². The van der Waals surface area contributed by atoms with E-state index in [0.29, 0.717) is 13.1 Å². The Balaban J connectivity index is 1.78. The largest absolute Gasteiger partial charge is 0.497 e. The smallest absolute Gasteiger partial charge is 0.243 e. The van der Waals surface area contributed by atoms with Crippen LogP contribution in [0.4, 0.5) is 4.39 Å². The Morgan fingerprint density at radius 1 is 1.17 bits per heavy atom. The summed E-state index contributed by atoms with van der Waals surface area (Å²) in [6, 6.07) is 12.8. The molecular formula is C17H18FNO3S. The molecule has 1 unspecified atom stereocenters. The molecule has 1 heterocycles. The summed E-state index contributed by atoms with van der Waals surface area (Å²) in [7, 11) is -2.04. The maximum Gasteiger partial charge on any atom is 0.243 e. The molecule has 1 atom stereocenters. The molecule has 0 aromatic heterocycles. The Bertz CT molecular complexity index is 790. The maximum absolute atomic E-state index is 13.3. The molecule has 1 saturated heterocycles. The van der Waals surface area contributed by atoms with E-state index in [0.717, 1.165) is 23.8 Å². The average Bonchev–Trinajstić information content (AvgIpc) is 3.06. The molecule has 2 aromatic rings. The summed E-state index contributed by atoms with van der Waals surface area (Å²) in [5, 5.41) is 0. The lowest BCUT2D eigenvalue weighted by atomic mass is 9.99. The molecule has 0 radical (unpaired) electrons. The van der Waals surface area contributed by atoms with Gasteiger partial charge in [0.2, 0.25) is 10.0 Å². The minimum Gasteiger partial charge on any atom is -0.497 e. The maximum atomic E-state index is 13.3. The van der Waals surface area contributed by atoms with E-state index in [-0.39, 0.29) is 10.8 Å². The topological polar surface area (TPSA) is 46.6 Å². The number of halogens is 1. The van der Waals surface area contributed by atoms with Gasteiger partial charge in [0, 0.05) is 13.1 Å². The van der Waals surface area contributed by atoms with E-state index < -0.39 is 15.8 Å². The molecule has 6 heteroatoms. The van der Waals surface area contributed by atoms with E-state index in [1.807, 2.05) is 24.3 Å². The minimum atomic E-state index is -3.65. The predicted octanol–water partition coefficient (Wildman–Crippen LogP) is 3.01. The number of benzene rings is 2. The van der Waals surface area contributed by atoms with Gasteiger partial charge in [-0.15, -0.1) is 0 Å². The van der Waals surface area contributed by atoms with Crippen molar-refractivity contribution >= 4 is 10.0 Å². The number of methoxy groups -OCH3 is 1. The first-order valence-electron chi connectivity index (χ1n) is 7.40. The number of rotatable bonds is 4. The molecule has 1 fully saturated rings. The van der Waals surface area contributed by atoms with Crippen molar-refractivity contribution in [1.82, 2.24) is 4.31 Å². The van der Waals surface area contributed by atoms with Crippen LogP contribution in [0.1, 0.15) is 17.9 Å². The molecule has 2 aromatic carbocycles. The lowest BCUT2D eigenvalue weighted by Gasteiger charge is -2.17. The van der Waals surface area contributed by atoms with E-state index in [2.05, 4.69) is 0 Å². The summed E-state index contributed by atoms with van der Waals surface area (Å²) in [5.74, 6) is 0.372. The van der Waals surface area contributed by atoms with Gasteiger partial charge in [0.25, 0.3) is 0 Å². The van der Waals surface area contributed by atoms with Crippen molar-refractivity contribution in [2.75, 3.05) is 20.2 Å². The van der Waals surface area contributed by atoms with Crippen LogP contribution in [0, 0.1) is 5.82 Å². The summed E-state index contributed by atoms with van der Waals surface area (Å²) in [4.78, 5) is 0.00730. The number of sulfonamides is 1. The quantitative estimate of drug-likeness (QED) is 0.863. The summed E-state index contributed by atoms with van der Waals surface area (Å²) in [5.41, 5.74) is 1.09. The molecular weight excluding hydrogens is 317 g/mol. The molecule has 3 rings (SSSR count). The third-order valence-corrected chi connectivity index (χ3v) is 6.03. The van der Waals surface area contributed by atoms with E-state index in [1.165, 1.54) is 22.5 Å². The van der Waals surface area contributed by atoms with Crippen LogP contribution in [0.2, 0.25) is 0 Å². The highest BCUT2D eigenvalue weighted by atomic mass is 32.2. The highest BCUT2D eigenvalue weighted by molar-refractivity contribution is 7.89. The van der Waals surface area contributed by atoms with Crippen LogP contribution in [0.25, 0.3) is 0 Å². The van der Waals surface area contributed by atoms with Crippen LogP contribution in [0.3, 0.4) is 0 Å². The fourth-order valence-corrected chi connectivity index (χ4v) is 4.40. The second-order valence-electron chi connectivity index (χ2n) is 5.58. The van der Waals surface area contributed by atoms with Crippen molar-refractivity contribution in [2.24, 2.45) is 0 Å². The van der Waals surface area contributed by atoms with Gasteiger partial charge in [-0.2, -0.15) is 4.31 Å². The fourth-order valence-electron chi connectivity index (χ4n) is 2.87. The summed E-state index contributed by atoms with van der Waals surface area (Å²) in [6.45, 7) is 0.848. The predicted molar refractivity (Wildman–Crippen MR) is 85.5 cm³/mol. The number of ether oxygens (including phenoxy) is 1. The van der Waals surface area contributed by atoms with E-state index in [1.54, 1.807) is 7.11 Å². The third-order valence-electron chi connectivity index (χ3n) is 4.17. The second-order valence-corrected chi connectivity index (χ2v) is 7.52. The number of hydrogen-bond acceptors (Lipinski definition) is 3. The van der Waals surface area contributed by atoms with Crippen molar-refractivity contribution in [1.29, 1.82) is 0 Å². The standard InChI is InChI=1S/C17H18FNO3S/c1-22-16-7-5-13(6-8-16)14-9-10-19(12-14)23(20,21)17-4-2-3-15(18)11-17/h2-8,11,14H,9-10,12H2,1H3. The van der Waals surface area contributed by atoms with Crippen molar-refractivity contribution in [3.05, 3.63) is 59.9 Å². The first kappa shape index (κ1) is 16.0. The third kappa shape index (κ3) is 3.23. The molecule has 0 amide bonds. The zero-order valence-corrected chi connectivity index (χ0v) is 13.6. The second kappa shape index (κ2) is 6.29. The van der Waals surface area contributed by atoms with Crippen LogP contribution in [0.15, 0.2) is 53.4 Å². The van der Waals surface area contributed by atoms with E-state index >= 15 is 0 Å². The van der Waals surface area contributed by atoms with Gasteiger partial charge in [0.15, 0.2) is 0 Å². The Labute approximate surface area is 135 Å². The van der Waals surface area contributed by atoms with Crippen molar-refractivity contribution in [3.63, 3.8) is 0 Å². The highest BCUT2D eigenvalue weighted by Crippen LogP contribution is 2.31. The Morgan fingerprint density at radius 2 is 1.91 bits per heavy atom. The normalized spacial score (nSPS) is 19.0. The lowest BCUT2D eigenvalue weighted by molar-refractivity contribution is 0.414. The molecule has 4 nitrogen and oxygen atoms in total. The first-order valence-corrected chi connectivity index (χ1v) is 8.84. The van der Waals surface area contributed by atoms with Gasteiger partial charge in [0.1, 0.15) is 11.6 Å². The van der Waals surface area contributed by atoms with E-state index in [4.69, 9.17) is 4.74 Å². The van der Waals surface area contributed by atoms with Crippen LogP contribution in [-0.2, 0) is 10.0 Å². The van der Waals surface area contributed by atoms with Gasteiger partial charge in [0.05, 0.1) is 12.0 Å². The Kier molecular flexibility index (Phi) is 4.37. The zero-order valence-electron chi connectivity index (χ0n) is 12.8. The number of nitrogens with zero attached hydrogens (tertiary/aromatic N) is 1.